The summed E-state index contributed by atoms with van der Waals surface area (Å²) >= 11 is 0. The van der Waals surface area contributed by atoms with E-state index in [1.807, 2.05) is 18.0 Å². The molecule has 1 aromatic carbocycles. The molecule has 1 atom stereocenters. The number of rotatable bonds is 2. The Hall–Kier alpha value is -2.63. The number of aryl methyl sites for hydroxylation is 1. The smallest absolute Gasteiger partial charge is 0.270 e. The average molecular weight is 326 g/mol. The average Bonchev–Trinajstić information content (AvgIpc) is 3.20. The lowest BCUT2D eigenvalue weighted by atomic mass is 9.97. The number of H-pyrrole nitrogens is 2. The van der Waals surface area contributed by atoms with Crippen LogP contribution in [0.15, 0.2) is 30.5 Å². The molecule has 124 valence electrons. The number of carbonyl (C=O) groups is 1. The van der Waals surface area contributed by atoms with E-state index in [-0.39, 0.29) is 17.6 Å². The van der Waals surface area contributed by atoms with Gasteiger partial charge >= 0.3 is 0 Å². The van der Waals surface area contributed by atoms with Gasteiger partial charge in [-0.05, 0) is 44.0 Å². The molecule has 2 N–H and O–H groups in total. The maximum absolute atomic E-state index is 13.3. The molecular formula is C18H19FN4O. The lowest BCUT2D eigenvalue weighted by Gasteiger charge is -2.31. The summed E-state index contributed by atoms with van der Waals surface area (Å²) in [6.45, 7) is 3.36. The van der Waals surface area contributed by atoms with Gasteiger partial charge in [-0.2, -0.15) is 0 Å². The Morgan fingerprint density at radius 3 is 3.00 bits per heavy atom. The third-order valence-corrected chi connectivity index (χ3v) is 4.63. The fraction of sp³-hybridized carbons (Fsp3) is 0.333. The zero-order chi connectivity index (χ0) is 16.7. The predicted octanol–water partition coefficient (Wildman–Crippen LogP) is 3.36. The van der Waals surface area contributed by atoms with Crippen molar-refractivity contribution in [1.82, 2.24) is 19.9 Å². The van der Waals surface area contributed by atoms with Crippen LogP contribution in [0.1, 0.15) is 40.8 Å². The number of hydrogen-bond acceptors (Lipinski definition) is 2. The topological polar surface area (TPSA) is 64.8 Å². The largest absolute Gasteiger partial charge is 0.351 e. The zero-order valence-corrected chi connectivity index (χ0v) is 13.5. The highest BCUT2D eigenvalue weighted by Crippen LogP contribution is 2.26. The number of nitrogens with zero attached hydrogens (tertiary/aromatic N) is 2. The summed E-state index contributed by atoms with van der Waals surface area (Å²) in [4.78, 5) is 25.4. The molecule has 0 spiro atoms. The van der Waals surface area contributed by atoms with E-state index in [4.69, 9.17) is 0 Å². The first kappa shape index (κ1) is 14.9. The Labute approximate surface area is 138 Å². The number of likely N-dealkylation sites (tertiary alicyclic amines) is 1. The van der Waals surface area contributed by atoms with Crippen molar-refractivity contribution in [1.29, 1.82) is 0 Å². The maximum Gasteiger partial charge on any atom is 0.270 e. The summed E-state index contributed by atoms with van der Waals surface area (Å²) in [6.07, 6.45) is 3.79. The molecule has 0 radical (unpaired) electrons. The minimum Gasteiger partial charge on any atom is -0.351 e. The highest BCUT2D eigenvalue weighted by atomic mass is 19.1. The van der Waals surface area contributed by atoms with E-state index < -0.39 is 0 Å². The molecule has 0 saturated carbocycles. The Bertz CT molecular complexity index is 897. The fourth-order valence-electron chi connectivity index (χ4n) is 3.41. The van der Waals surface area contributed by atoms with Gasteiger partial charge in [0.1, 0.15) is 17.3 Å². The molecule has 24 heavy (non-hydrogen) atoms. The summed E-state index contributed by atoms with van der Waals surface area (Å²) < 4.78 is 13.3. The minimum atomic E-state index is -0.299. The van der Waals surface area contributed by atoms with Crippen molar-refractivity contribution in [2.24, 2.45) is 0 Å². The number of aromatic nitrogens is 3. The van der Waals surface area contributed by atoms with Gasteiger partial charge in [0.25, 0.3) is 5.91 Å². The number of hydrogen-bond donors (Lipinski definition) is 2. The van der Waals surface area contributed by atoms with Gasteiger partial charge in [0, 0.05) is 41.8 Å². The molecule has 4 rings (SSSR count). The van der Waals surface area contributed by atoms with E-state index in [9.17, 15) is 9.18 Å². The second kappa shape index (κ2) is 5.78. The molecule has 1 fully saturated rings. The molecule has 3 heterocycles. The normalized spacial score (nSPS) is 18.2. The minimum absolute atomic E-state index is 0.0420. The van der Waals surface area contributed by atoms with E-state index in [0.717, 1.165) is 36.4 Å². The van der Waals surface area contributed by atoms with E-state index in [2.05, 4.69) is 15.0 Å². The quantitative estimate of drug-likeness (QED) is 0.758. The van der Waals surface area contributed by atoms with Crippen LogP contribution in [-0.2, 0) is 0 Å². The summed E-state index contributed by atoms with van der Waals surface area (Å²) in [5.74, 6) is 0.841. The van der Waals surface area contributed by atoms with Crippen LogP contribution < -0.4 is 0 Å². The van der Waals surface area contributed by atoms with Crippen molar-refractivity contribution in [3.05, 3.63) is 53.5 Å². The number of nitrogens with one attached hydrogen (secondary N) is 2. The van der Waals surface area contributed by atoms with Gasteiger partial charge < -0.3 is 14.9 Å². The van der Waals surface area contributed by atoms with Crippen LogP contribution in [0.5, 0.6) is 0 Å². The number of benzene rings is 1. The van der Waals surface area contributed by atoms with Crippen molar-refractivity contribution < 1.29 is 9.18 Å². The molecule has 0 aliphatic carbocycles. The highest BCUT2D eigenvalue weighted by Gasteiger charge is 2.27. The molecule has 5 nitrogen and oxygen atoms in total. The third-order valence-electron chi connectivity index (χ3n) is 4.63. The van der Waals surface area contributed by atoms with Gasteiger partial charge in [-0.1, -0.05) is 0 Å². The molecule has 1 aliphatic rings. The van der Waals surface area contributed by atoms with Gasteiger partial charge in [-0.3, -0.25) is 4.79 Å². The van der Waals surface area contributed by atoms with Gasteiger partial charge in [0.05, 0.1) is 0 Å². The molecule has 3 aromatic rings. The number of carbonyl (C=O) groups excluding carboxylic acids is 1. The van der Waals surface area contributed by atoms with E-state index in [1.54, 1.807) is 12.1 Å². The summed E-state index contributed by atoms with van der Waals surface area (Å²) in [5, 5.41) is 0.716. The first-order valence-corrected chi connectivity index (χ1v) is 8.19. The SMILES string of the molecule is Cc1cnc([C@H]2CCCN(C(=O)c3cc4cc(F)ccc4[nH]3)C2)[nH]1. The number of imidazole rings is 1. The van der Waals surface area contributed by atoms with Crippen molar-refractivity contribution in [2.75, 3.05) is 13.1 Å². The molecule has 1 aliphatic heterocycles. The molecule has 0 unspecified atom stereocenters. The van der Waals surface area contributed by atoms with Crippen LogP contribution in [0.2, 0.25) is 0 Å². The molecule has 1 amide bonds. The second-order valence-electron chi connectivity index (χ2n) is 6.46. The number of aromatic amines is 2. The monoisotopic (exact) mass is 326 g/mol. The van der Waals surface area contributed by atoms with Crippen LogP contribution in [0.25, 0.3) is 10.9 Å². The van der Waals surface area contributed by atoms with Gasteiger partial charge in [-0.15, -0.1) is 0 Å². The molecule has 6 heteroatoms. The Morgan fingerprint density at radius 2 is 2.21 bits per heavy atom. The van der Waals surface area contributed by atoms with Crippen molar-refractivity contribution in [2.45, 2.75) is 25.7 Å². The van der Waals surface area contributed by atoms with Crippen molar-refractivity contribution in [3.8, 4) is 0 Å². The van der Waals surface area contributed by atoms with Gasteiger partial charge in [0.15, 0.2) is 0 Å². The number of fused-ring (bicyclic) bond motifs is 1. The highest BCUT2D eigenvalue weighted by molar-refractivity contribution is 5.98. The molecular weight excluding hydrogens is 307 g/mol. The van der Waals surface area contributed by atoms with E-state index in [1.165, 1.54) is 12.1 Å². The van der Waals surface area contributed by atoms with E-state index in [0.29, 0.717) is 17.6 Å². The van der Waals surface area contributed by atoms with E-state index >= 15 is 0 Å². The second-order valence-corrected chi connectivity index (χ2v) is 6.46. The predicted molar refractivity (Wildman–Crippen MR) is 89.5 cm³/mol. The lowest BCUT2D eigenvalue weighted by Crippen LogP contribution is -2.39. The summed E-state index contributed by atoms with van der Waals surface area (Å²) in [6, 6.07) is 6.21. The lowest BCUT2D eigenvalue weighted by molar-refractivity contribution is 0.0700. The molecule has 1 saturated heterocycles. The first-order chi connectivity index (χ1) is 11.6. The number of halogens is 1. The van der Waals surface area contributed by atoms with Gasteiger partial charge in [0.2, 0.25) is 0 Å². The van der Waals surface area contributed by atoms with Crippen LogP contribution in [0, 0.1) is 12.7 Å². The number of amides is 1. The van der Waals surface area contributed by atoms with Gasteiger partial charge in [-0.25, -0.2) is 9.37 Å². The Kier molecular flexibility index (Phi) is 3.59. The summed E-state index contributed by atoms with van der Waals surface area (Å²) in [7, 11) is 0. The molecule has 0 bridgehead atoms. The number of piperidine rings is 1. The Balaban J connectivity index is 1.56. The first-order valence-electron chi connectivity index (χ1n) is 8.19. The maximum atomic E-state index is 13.3. The van der Waals surface area contributed by atoms with Crippen LogP contribution in [0.4, 0.5) is 4.39 Å². The van der Waals surface area contributed by atoms with Crippen LogP contribution in [-0.4, -0.2) is 38.8 Å². The Morgan fingerprint density at radius 1 is 1.33 bits per heavy atom. The van der Waals surface area contributed by atoms with Crippen LogP contribution in [0.3, 0.4) is 0 Å². The van der Waals surface area contributed by atoms with Crippen molar-refractivity contribution >= 4 is 16.8 Å². The zero-order valence-electron chi connectivity index (χ0n) is 13.5. The standard InChI is InChI=1S/C18H19FN4O/c1-11-9-20-17(21-11)12-3-2-6-23(10-12)18(24)16-8-13-7-14(19)4-5-15(13)22-16/h4-5,7-9,12,22H,2-3,6,10H2,1H3,(H,20,21)/t12-/m0/s1. The summed E-state index contributed by atoms with van der Waals surface area (Å²) in [5.41, 5.74) is 2.31. The molecule has 2 aromatic heterocycles. The van der Waals surface area contributed by atoms with Crippen LogP contribution >= 0.6 is 0 Å². The fourth-order valence-corrected chi connectivity index (χ4v) is 3.41. The third kappa shape index (κ3) is 2.68. The van der Waals surface area contributed by atoms with Crippen molar-refractivity contribution in [3.63, 3.8) is 0 Å².